The molecule has 0 bridgehead atoms. The number of nitrogens with zero attached hydrogens (tertiary/aromatic N) is 3. The topological polar surface area (TPSA) is 27.4 Å². The van der Waals surface area contributed by atoms with E-state index in [1.165, 1.54) is 92.8 Å². The molecule has 0 atom stereocenters. The number of furan rings is 1. The van der Waals surface area contributed by atoms with Gasteiger partial charge >= 0.3 is 0 Å². The summed E-state index contributed by atoms with van der Waals surface area (Å²) in [7, 11) is 0. The van der Waals surface area contributed by atoms with Crippen molar-refractivity contribution in [2.24, 2.45) is 0 Å². The molecule has 0 amide bonds. The lowest BCUT2D eigenvalue weighted by molar-refractivity contribution is 0.669. The molecule has 0 radical (unpaired) electrons. The fourth-order valence-corrected chi connectivity index (χ4v) is 10.3. The summed E-state index contributed by atoms with van der Waals surface area (Å²) in [5.41, 5.74) is 15.1. The van der Waals surface area contributed by atoms with Crippen LogP contribution in [-0.2, 0) is 0 Å². The molecular formula is C54H31N3O. The van der Waals surface area contributed by atoms with Gasteiger partial charge < -0.3 is 18.0 Å². The second-order valence-corrected chi connectivity index (χ2v) is 15.7. The van der Waals surface area contributed by atoms with E-state index in [4.69, 9.17) is 4.42 Å². The fraction of sp³-hybridized carbons (Fsp3) is 0. The third kappa shape index (κ3) is 3.88. The molecule has 0 aliphatic rings. The van der Waals surface area contributed by atoms with E-state index in [2.05, 4.69) is 189 Å². The zero-order valence-electron chi connectivity index (χ0n) is 31.1. The van der Waals surface area contributed by atoms with Crippen LogP contribution in [0.4, 0.5) is 0 Å². The van der Waals surface area contributed by atoms with Crippen molar-refractivity contribution in [1.29, 1.82) is 0 Å². The van der Waals surface area contributed by atoms with Crippen LogP contribution in [0.2, 0.25) is 0 Å². The van der Waals surface area contributed by atoms with E-state index in [1.807, 2.05) is 12.1 Å². The van der Waals surface area contributed by atoms with E-state index >= 15 is 0 Å². The number of aromatic nitrogens is 3. The Hall–Kier alpha value is -7.82. The van der Waals surface area contributed by atoms with Crippen molar-refractivity contribution in [3.8, 4) is 22.5 Å². The number of fused-ring (bicyclic) bond motifs is 15. The molecule has 4 heteroatoms. The average Bonchev–Trinajstić information content (AvgIpc) is 4.08. The maximum atomic E-state index is 6.19. The van der Waals surface area contributed by atoms with E-state index in [0.29, 0.717) is 0 Å². The molecule has 0 saturated heterocycles. The van der Waals surface area contributed by atoms with Crippen molar-refractivity contribution < 1.29 is 4.42 Å². The van der Waals surface area contributed by atoms with Gasteiger partial charge in [-0.15, -0.1) is 0 Å². The molecule has 268 valence electrons. The van der Waals surface area contributed by atoms with Crippen LogP contribution >= 0.6 is 0 Å². The van der Waals surface area contributed by atoms with Gasteiger partial charge in [0.1, 0.15) is 11.2 Å². The van der Waals surface area contributed by atoms with E-state index in [0.717, 1.165) is 33.3 Å². The van der Waals surface area contributed by atoms with Gasteiger partial charge in [-0.2, -0.15) is 0 Å². The summed E-state index contributed by atoms with van der Waals surface area (Å²) < 4.78 is 13.5. The van der Waals surface area contributed by atoms with Gasteiger partial charge in [0, 0.05) is 65.2 Å². The van der Waals surface area contributed by atoms with Gasteiger partial charge in [-0.1, -0.05) is 109 Å². The predicted octanol–water partition coefficient (Wildman–Crippen LogP) is 14.6. The molecule has 0 fully saturated rings. The first-order chi connectivity index (χ1) is 28.8. The van der Waals surface area contributed by atoms with Gasteiger partial charge in [-0.3, -0.25) is 0 Å². The van der Waals surface area contributed by atoms with E-state index in [1.54, 1.807) is 0 Å². The first-order valence-corrected chi connectivity index (χ1v) is 19.9. The highest BCUT2D eigenvalue weighted by Gasteiger charge is 2.20. The van der Waals surface area contributed by atoms with Gasteiger partial charge in [0.15, 0.2) is 0 Å². The Labute approximate surface area is 330 Å². The molecule has 14 rings (SSSR count). The number of para-hydroxylation sites is 5. The van der Waals surface area contributed by atoms with Crippen LogP contribution in [0, 0.1) is 0 Å². The molecule has 0 saturated carbocycles. The van der Waals surface area contributed by atoms with Gasteiger partial charge in [-0.25, -0.2) is 0 Å². The lowest BCUT2D eigenvalue weighted by Gasteiger charge is -2.10. The second-order valence-electron chi connectivity index (χ2n) is 15.7. The SMILES string of the molecule is c1ccc2c(c1)oc1ccc(-n3c4ccccc4c4cc(-c5ccc6c(c5)c5ccccc5n6-c5ccc6c7cccc8c9ccccc9n(c6c5)c87)ccc43)cc12. The number of hydrogen-bond acceptors (Lipinski definition) is 1. The standard InChI is InChI=1S/C54H31N3O/c1-7-18-48-36(10-1)41-14-9-15-42-39-24-22-35(31-51(39)57(48)54(41)42)56-47-17-6-3-12-38(47)44-29-33(21-26-50(44)56)32-20-25-49-43(28-32)37-11-2-5-16-46(37)55(49)34-23-27-53-45(30-34)40-13-4-8-19-52(40)58-53/h1-31H. The minimum atomic E-state index is 0.905. The van der Waals surface area contributed by atoms with Crippen LogP contribution in [0.3, 0.4) is 0 Å². The highest BCUT2D eigenvalue weighted by Crippen LogP contribution is 2.42. The van der Waals surface area contributed by atoms with Crippen LogP contribution < -0.4 is 0 Å². The van der Waals surface area contributed by atoms with Crippen molar-refractivity contribution in [2.45, 2.75) is 0 Å². The maximum absolute atomic E-state index is 6.19. The molecule has 0 aliphatic carbocycles. The quantitative estimate of drug-likeness (QED) is 0.177. The Morgan fingerprint density at radius 2 is 0.759 bits per heavy atom. The first-order valence-electron chi connectivity index (χ1n) is 19.9. The van der Waals surface area contributed by atoms with Gasteiger partial charge in [-0.05, 0) is 90.0 Å². The minimum Gasteiger partial charge on any atom is -0.456 e. The lowest BCUT2D eigenvalue weighted by atomic mass is 10.0. The summed E-state index contributed by atoms with van der Waals surface area (Å²) >= 11 is 0. The molecule has 9 aromatic carbocycles. The maximum Gasteiger partial charge on any atom is 0.135 e. The van der Waals surface area contributed by atoms with Crippen molar-refractivity contribution in [2.75, 3.05) is 0 Å². The Morgan fingerprint density at radius 1 is 0.276 bits per heavy atom. The summed E-state index contributed by atoms with van der Waals surface area (Å²) in [5.74, 6) is 0. The summed E-state index contributed by atoms with van der Waals surface area (Å²) in [4.78, 5) is 0. The largest absolute Gasteiger partial charge is 0.456 e. The lowest BCUT2D eigenvalue weighted by Crippen LogP contribution is -1.94. The molecule has 58 heavy (non-hydrogen) atoms. The summed E-state index contributed by atoms with van der Waals surface area (Å²) in [6, 6.07) is 68.9. The average molecular weight is 738 g/mol. The fourth-order valence-electron chi connectivity index (χ4n) is 10.3. The molecule has 0 N–H and O–H groups in total. The molecule has 4 nitrogen and oxygen atoms in total. The summed E-state index contributed by atoms with van der Waals surface area (Å²) in [6.45, 7) is 0. The van der Waals surface area contributed by atoms with Crippen molar-refractivity contribution >= 4 is 104 Å². The molecule has 0 spiro atoms. The highest BCUT2D eigenvalue weighted by molar-refractivity contribution is 6.23. The number of hydrogen-bond donors (Lipinski definition) is 0. The van der Waals surface area contributed by atoms with Crippen molar-refractivity contribution in [1.82, 2.24) is 13.5 Å². The van der Waals surface area contributed by atoms with Crippen LogP contribution in [0.5, 0.6) is 0 Å². The van der Waals surface area contributed by atoms with Crippen LogP contribution in [0.1, 0.15) is 0 Å². The third-order valence-electron chi connectivity index (χ3n) is 12.8. The summed E-state index contributed by atoms with van der Waals surface area (Å²) in [5, 5.41) is 12.4. The zero-order valence-corrected chi connectivity index (χ0v) is 31.1. The Bertz CT molecular complexity index is 4040. The molecule has 5 aromatic heterocycles. The van der Waals surface area contributed by atoms with E-state index in [-0.39, 0.29) is 0 Å². The zero-order chi connectivity index (χ0) is 37.6. The third-order valence-corrected chi connectivity index (χ3v) is 12.8. The molecule has 5 heterocycles. The molecule has 0 unspecified atom stereocenters. The van der Waals surface area contributed by atoms with Gasteiger partial charge in [0.05, 0.1) is 38.6 Å². The minimum absolute atomic E-state index is 0.905. The van der Waals surface area contributed by atoms with Crippen molar-refractivity contribution in [3.05, 3.63) is 188 Å². The van der Waals surface area contributed by atoms with E-state index in [9.17, 15) is 0 Å². The van der Waals surface area contributed by atoms with Crippen molar-refractivity contribution in [3.63, 3.8) is 0 Å². The molecule has 14 aromatic rings. The van der Waals surface area contributed by atoms with E-state index < -0.39 is 0 Å². The monoisotopic (exact) mass is 737 g/mol. The smallest absolute Gasteiger partial charge is 0.135 e. The number of rotatable bonds is 3. The Kier molecular flexibility index (Phi) is 5.73. The van der Waals surface area contributed by atoms with Crippen LogP contribution in [-0.4, -0.2) is 13.5 Å². The highest BCUT2D eigenvalue weighted by atomic mass is 16.3. The second kappa shape index (κ2) is 10.9. The molecular weight excluding hydrogens is 707 g/mol. The normalized spacial score (nSPS) is 12.5. The Balaban J connectivity index is 0.949. The summed E-state index contributed by atoms with van der Waals surface area (Å²) in [6.07, 6.45) is 0. The van der Waals surface area contributed by atoms with Gasteiger partial charge in [0.25, 0.3) is 0 Å². The Morgan fingerprint density at radius 3 is 1.43 bits per heavy atom. The first kappa shape index (κ1) is 30.4. The molecule has 0 aliphatic heterocycles. The number of benzene rings is 9. The predicted molar refractivity (Wildman–Crippen MR) is 242 cm³/mol. The van der Waals surface area contributed by atoms with Crippen LogP contribution in [0.25, 0.3) is 126 Å². The van der Waals surface area contributed by atoms with Crippen LogP contribution in [0.15, 0.2) is 192 Å². The van der Waals surface area contributed by atoms with Gasteiger partial charge in [0.2, 0.25) is 0 Å².